The van der Waals surface area contributed by atoms with E-state index in [1.165, 1.54) is 23.5 Å². The number of aromatic amines is 1. The molecule has 0 unspecified atom stereocenters. The Bertz CT molecular complexity index is 1130. The fourth-order valence-electron chi connectivity index (χ4n) is 2.23. The van der Waals surface area contributed by atoms with Gasteiger partial charge < -0.3 is 9.40 Å². The zero-order valence-electron chi connectivity index (χ0n) is 14.6. The summed E-state index contributed by atoms with van der Waals surface area (Å²) in [6.07, 6.45) is 3.02. The average molecular weight is 371 g/mol. The first-order chi connectivity index (χ1) is 12.2. The third-order valence-corrected chi connectivity index (χ3v) is 4.68. The number of ketones is 1. The number of nitrogens with one attached hydrogen (secondary N) is 1. The summed E-state index contributed by atoms with van der Waals surface area (Å²) < 4.78 is 20.4. The van der Waals surface area contributed by atoms with E-state index in [9.17, 15) is 14.0 Å². The molecule has 0 saturated heterocycles. The normalized spacial score (nSPS) is 13.4. The van der Waals surface area contributed by atoms with Gasteiger partial charge in [0.25, 0.3) is 5.56 Å². The maximum atomic E-state index is 13.8. The highest BCUT2D eigenvalue weighted by atomic mass is 32.1. The standard InChI is InChI=1S/C20H18FNO3S/c1-20(2,3)17(23)11-18-22-19(24)16(26-18)10-12-8-9-15(25-12)13-6-4-5-7-14(13)21/h4-11H,1-3H3,(H,22,24)/b16-10+,18-11+. The van der Waals surface area contributed by atoms with Crippen molar-refractivity contribution in [3.8, 4) is 11.3 Å². The van der Waals surface area contributed by atoms with E-state index in [0.29, 0.717) is 26.3 Å². The summed E-state index contributed by atoms with van der Waals surface area (Å²) in [6.45, 7) is 5.45. The Hall–Kier alpha value is -2.73. The summed E-state index contributed by atoms with van der Waals surface area (Å²) in [4.78, 5) is 26.8. The van der Waals surface area contributed by atoms with Crippen LogP contribution in [0.25, 0.3) is 23.5 Å². The predicted octanol–water partition coefficient (Wildman–Crippen LogP) is 3.06. The summed E-state index contributed by atoms with van der Waals surface area (Å²) in [5, 5.41) is 0. The van der Waals surface area contributed by atoms with Crippen molar-refractivity contribution in [2.75, 3.05) is 0 Å². The number of hydrogen-bond acceptors (Lipinski definition) is 4. The molecule has 134 valence electrons. The van der Waals surface area contributed by atoms with Crippen LogP contribution in [0.3, 0.4) is 0 Å². The van der Waals surface area contributed by atoms with Gasteiger partial charge in [-0.1, -0.05) is 32.9 Å². The van der Waals surface area contributed by atoms with Crippen LogP contribution in [-0.4, -0.2) is 10.8 Å². The molecule has 0 radical (unpaired) electrons. The Balaban J connectivity index is 1.98. The monoisotopic (exact) mass is 371 g/mol. The van der Waals surface area contributed by atoms with Gasteiger partial charge in [-0.25, -0.2) is 4.39 Å². The second-order valence-electron chi connectivity index (χ2n) is 6.87. The maximum absolute atomic E-state index is 13.8. The van der Waals surface area contributed by atoms with Gasteiger partial charge in [0.2, 0.25) is 0 Å². The van der Waals surface area contributed by atoms with Crippen molar-refractivity contribution in [3.63, 3.8) is 0 Å². The molecule has 1 N–H and O–H groups in total. The molecule has 3 rings (SSSR count). The van der Waals surface area contributed by atoms with Crippen LogP contribution in [0.5, 0.6) is 0 Å². The lowest BCUT2D eigenvalue weighted by atomic mass is 9.91. The van der Waals surface area contributed by atoms with Gasteiger partial charge in [-0.2, -0.15) is 0 Å². The molecule has 26 heavy (non-hydrogen) atoms. The van der Waals surface area contributed by atoms with Gasteiger partial charge in [-0.15, -0.1) is 11.3 Å². The highest BCUT2D eigenvalue weighted by molar-refractivity contribution is 7.07. The molecule has 6 heteroatoms. The molecule has 0 saturated carbocycles. The summed E-state index contributed by atoms with van der Waals surface area (Å²) in [5.41, 5.74) is -0.454. The second kappa shape index (κ2) is 6.88. The van der Waals surface area contributed by atoms with Gasteiger partial charge in [-0.05, 0) is 24.3 Å². The van der Waals surface area contributed by atoms with Crippen molar-refractivity contribution in [2.45, 2.75) is 20.8 Å². The van der Waals surface area contributed by atoms with Gasteiger partial charge in [0.15, 0.2) is 5.78 Å². The van der Waals surface area contributed by atoms with Crippen LogP contribution in [0.1, 0.15) is 26.5 Å². The number of rotatable bonds is 3. The Morgan fingerprint density at radius 3 is 2.62 bits per heavy atom. The fraction of sp³-hybridized carbons (Fsp3) is 0.200. The SMILES string of the molecule is CC(C)(C)C(=O)/C=c1\[nH]c(=O)/c(=C\c2ccc(-c3ccccc3F)o2)s1. The number of halogens is 1. The van der Waals surface area contributed by atoms with E-state index in [-0.39, 0.29) is 17.2 Å². The molecular weight excluding hydrogens is 353 g/mol. The van der Waals surface area contributed by atoms with E-state index in [2.05, 4.69) is 4.98 Å². The topological polar surface area (TPSA) is 63.1 Å². The van der Waals surface area contributed by atoms with Crippen LogP contribution in [0, 0.1) is 11.2 Å². The molecule has 0 bridgehead atoms. The number of carbonyl (C=O) groups excluding carboxylic acids is 1. The minimum absolute atomic E-state index is 0.0682. The first-order valence-corrected chi connectivity index (χ1v) is 8.87. The van der Waals surface area contributed by atoms with Crippen molar-refractivity contribution in [1.29, 1.82) is 0 Å². The minimum Gasteiger partial charge on any atom is -0.457 e. The van der Waals surface area contributed by atoms with E-state index in [1.807, 2.05) is 20.8 Å². The molecule has 3 aromatic rings. The first-order valence-electron chi connectivity index (χ1n) is 8.06. The number of thiazole rings is 1. The van der Waals surface area contributed by atoms with Gasteiger partial charge in [0.1, 0.15) is 17.3 Å². The maximum Gasteiger partial charge on any atom is 0.266 e. The van der Waals surface area contributed by atoms with Crippen LogP contribution in [0.2, 0.25) is 0 Å². The van der Waals surface area contributed by atoms with Crippen LogP contribution in [-0.2, 0) is 4.79 Å². The largest absolute Gasteiger partial charge is 0.457 e. The molecule has 0 spiro atoms. The third kappa shape index (κ3) is 3.91. The van der Waals surface area contributed by atoms with Crippen molar-refractivity contribution in [3.05, 3.63) is 67.5 Å². The molecule has 1 aromatic carbocycles. The fourth-order valence-corrected chi connectivity index (χ4v) is 3.09. The molecule has 2 aromatic heterocycles. The quantitative estimate of drug-likeness (QED) is 0.770. The molecule has 0 aliphatic heterocycles. The van der Waals surface area contributed by atoms with E-state index in [1.54, 1.807) is 36.4 Å². The van der Waals surface area contributed by atoms with Crippen LogP contribution in [0.4, 0.5) is 4.39 Å². The van der Waals surface area contributed by atoms with Crippen molar-refractivity contribution < 1.29 is 13.6 Å². The summed E-state index contributed by atoms with van der Waals surface area (Å²) in [6, 6.07) is 9.65. The zero-order chi connectivity index (χ0) is 18.9. The molecule has 0 amide bonds. The molecule has 2 heterocycles. The Morgan fingerprint density at radius 2 is 1.92 bits per heavy atom. The van der Waals surface area contributed by atoms with Crippen LogP contribution < -0.4 is 14.8 Å². The minimum atomic E-state index is -0.513. The average Bonchev–Trinajstić information content (AvgIpc) is 3.14. The van der Waals surface area contributed by atoms with Gasteiger partial charge in [0, 0.05) is 17.6 Å². The smallest absolute Gasteiger partial charge is 0.266 e. The predicted molar refractivity (Wildman–Crippen MR) is 101 cm³/mol. The Morgan fingerprint density at radius 1 is 1.19 bits per heavy atom. The van der Waals surface area contributed by atoms with E-state index in [4.69, 9.17) is 4.42 Å². The third-order valence-electron chi connectivity index (χ3n) is 3.72. The highest BCUT2D eigenvalue weighted by Crippen LogP contribution is 2.24. The number of carbonyl (C=O) groups is 1. The molecule has 0 atom stereocenters. The number of Topliss-reactive ketones (excluding diaryl/α,β-unsaturated/α-hetero) is 1. The summed E-state index contributed by atoms with van der Waals surface area (Å²) >= 11 is 1.17. The molecule has 0 fully saturated rings. The van der Waals surface area contributed by atoms with Gasteiger partial charge in [0.05, 0.1) is 14.8 Å². The second-order valence-corrected chi connectivity index (χ2v) is 7.95. The number of benzene rings is 1. The van der Waals surface area contributed by atoms with E-state index >= 15 is 0 Å². The lowest BCUT2D eigenvalue weighted by Crippen LogP contribution is -2.22. The number of H-pyrrole nitrogens is 1. The lowest BCUT2D eigenvalue weighted by molar-refractivity contribution is -0.119. The number of furan rings is 1. The van der Waals surface area contributed by atoms with Gasteiger partial charge in [-0.3, -0.25) is 9.59 Å². The molecule has 0 aliphatic carbocycles. The van der Waals surface area contributed by atoms with Crippen molar-refractivity contribution in [1.82, 2.24) is 4.98 Å². The molecular formula is C20H18FNO3S. The Kier molecular flexibility index (Phi) is 4.78. The van der Waals surface area contributed by atoms with Crippen molar-refractivity contribution in [2.24, 2.45) is 5.41 Å². The molecule has 0 aliphatic rings. The number of aromatic nitrogens is 1. The summed E-state index contributed by atoms with van der Waals surface area (Å²) in [5.74, 6) is 0.377. The Labute approximate surface area is 153 Å². The van der Waals surface area contributed by atoms with Crippen molar-refractivity contribution >= 4 is 29.3 Å². The van der Waals surface area contributed by atoms with E-state index in [0.717, 1.165) is 0 Å². The highest BCUT2D eigenvalue weighted by Gasteiger charge is 2.18. The lowest BCUT2D eigenvalue weighted by Gasteiger charge is -2.12. The van der Waals surface area contributed by atoms with E-state index < -0.39 is 5.41 Å². The number of hydrogen-bond donors (Lipinski definition) is 1. The summed E-state index contributed by atoms with van der Waals surface area (Å²) in [7, 11) is 0. The van der Waals surface area contributed by atoms with Crippen LogP contribution in [0.15, 0.2) is 45.6 Å². The first kappa shape index (κ1) is 18.1. The van der Waals surface area contributed by atoms with Gasteiger partial charge >= 0.3 is 0 Å². The van der Waals surface area contributed by atoms with Crippen LogP contribution >= 0.6 is 11.3 Å². The molecule has 4 nitrogen and oxygen atoms in total. The zero-order valence-corrected chi connectivity index (χ0v) is 15.4.